The van der Waals surface area contributed by atoms with Crippen molar-refractivity contribution < 1.29 is 13.2 Å². The molecule has 10 nitrogen and oxygen atoms in total. The second-order valence-electron chi connectivity index (χ2n) is 6.82. The zero-order valence-electron chi connectivity index (χ0n) is 16.0. The first-order valence-electron chi connectivity index (χ1n) is 9.35. The largest absolute Gasteiger partial charge is 0.473 e. The molecule has 0 atom stereocenters. The summed E-state index contributed by atoms with van der Waals surface area (Å²) in [7, 11) is -3.61. The molecule has 30 heavy (non-hydrogen) atoms. The fraction of sp³-hybridized carbons (Fsp3) is 0.263. The Morgan fingerprint density at radius 3 is 2.37 bits per heavy atom. The molecule has 1 aliphatic heterocycles. The van der Waals surface area contributed by atoms with Crippen molar-refractivity contribution in [2.24, 2.45) is 0 Å². The van der Waals surface area contributed by atoms with E-state index >= 15 is 0 Å². The van der Waals surface area contributed by atoms with Crippen LogP contribution in [0.3, 0.4) is 0 Å². The first-order valence-corrected chi connectivity index (χ1v) is 10.8. The van der Waals surface area contributed by atoms with Gasteiger partial charge in [-0.05, 0) is 30.5 Å². The number of nitrogens with two attached hydrogens (primary N) is 2. The molecule has 1 saturated heterocycles. The molecule has 1 fully saturated rings. The SMILES string of the molecule is Nc1ncc(-c2ccc(S(=O)(=O)N3CCC(Oc4cnccn4)CC3)cc2)c(N)n1. The summed E-state index contributed by atoms with van der Waals surface area (Å²) in [5.41, 5.74) is 12.7. The van der Waals surface area contributed by atoms with E-state index in [1.54, 1.807) is 42.9 Å². The molecule has 4 N–H and O–H groups in total. The summed E-state index contributed by atoms with van der Waals surface area (Å²) in [5.74, 6) is 0.769. The first kappa shape index (κ1) is 20.0. The molecule has 156 valence electrons. The maximum absolute atomic E-state index is 13.0. The van der Waals surface area contributed by atoms with Crippen LogP contribution in [0, 0.1) is 0 Å². The van der Waals surface area contributed by atoms with Gasteiger partial charge in [-0.2, -0.15) is 9.29 Å². The number of nitrogens with zero attached hydrogens (tertiary/aromatic N) is 5. The second-order valence-corrected chi connectivity index (χ2v) is 8.75. The highest BCUT2D eigenvalue weighted by Crippen LogP contribution is 2.27. The molecule has 0 amide bonds. The molecular weight excluding hydrogens is 406 g/mol. The van der Waals surface area contributed by atoms with Gasteiger partial charge in [0.15, 0.2) is 0 Å². The summed E-state index contributed by atoms with van der Waals surface area (Å²) in [6.07, 6.45) is 7.25. The van der Waals surface area contributed by atoms with Gasteiger partial charge < -0.3 is 16.2 Å². The lowest BCUT2D eigenvalue weighted by molar-refractivity contribution is 0.129. The van der Waals surface area contributed by atoms with E-state index in [1.807, 2.05) is 0 Å². The highest BCUT2D eigenvalue weighted by atomic mass is 32.2. The van der Waals surface area contributed by atoms with Crippen molar-refractivity contribution in [3.8, 4) is 17.0 Å². The van der Waals surface area contributed by atoms with Crippen LogP contribution >= 0.6 is 0 Å². The lowest BCUT2D eigenvalue weighted by atomic mass is 10.1. The van der Waals surface area contributed by atoms with Gasteiger partial charge in [-0.25, -0.2) is 18.4 Å². The van der Waals surface area contributed by atoms with Crippen molar-refractivity contribution in [2.45, 2.75) is 23.8 Å². The number of aromatic nitrogens is 4. The number of hydrogen-bond donors (Lipinski definition) is 2. The van der Waals surface area contributed by atoms with Gasteiger partial charge >= 0.3 is 0 Å². The Balaban J connectivity index is 1.44. The van der Waals surface area contributed by atoms with Gasteiger partial charge in [-0.15, -0.1) is 0 Å². The lowest BCUT2D eigenvalue weighted by Gasteiger charge is -2.31. The standard InChI is InChI=1S/C19H21N7O3S/c20-18-16(11-24-19(21)25-18)13-1-3-15(4-2-13)30(27,28)26-9-5-14(6-10-26)29-17-12-22-7-8-23-17/h1-4,7-8,11-12,14H,5-6,9-10H2,(H4,20,21,24,25). The molecule has 1 aliphatic rings. The fourth-order valence-corrected chi connectivity index (χ4v) is 4.76. The predicted octanol–water partition coefficient (Wildman–Crippen LogP) is 1.33. The number of anilines is 2. The molecule has 0 bridgehead atoms. The summed E-state index contributed by atoms with van der Waals surface area (Å²) in [5, 5.41) is 0. The number of nitrogen functional groups attached to an aromatic ring is 2. The van der Waals surface area contributed by atoms with Crippen LogP contribution in [0.5, 0.6) is 5.88 Å². The van der Waals surface area contributed by atoms with Crippen LogP contribution in [0.25, 0.3) is 11.1 Å². The second kappa shape index (κ2) is 8.20. The molecule has 4 rings (SSSR count). The number of piperidine rings is 1. The lowest BCUT2D eigenvalue weighted by Crippen LogP contribution is -2.41. The molecular formula is C19H21N7O3S. The van der Waals surface area contributed by atoms with E-state index in [4.69, 9.17) is 16.2 Å². The van der Waals surface area contributed by atoms with Gasteiger partial charge in [0.1, 0.15) is 11.9 Å². The van der Waals surface area contributed by atoms with Gasteiger partial charge in [0.2, 0.25) is 21.9 Å². The quantitative estimate of drug-likeness (QED) is 0.614. The monoisotopic (exact) mass is 427 g/mol. The smallest absolute Gasteiger partial charge is 0.243 e. The highest BCUT2D eigenvalue weighted by Gasteiger charge is 2.30. The van der Waals surface area contributed by atoms with E-state index in [0.717, 1.165) is 0 Å². The Kier molecular flexibility index (Phi) is 5.46. The van der Waals surface area contributed by atoms with Crippen molar-refractivity contribution in [1.29, 1.82) is 0 Å². The van der Waals surface area contributed by atoms with E-state index in [9.17, 15) is 8.42 Å². The molecule has 1 aromatic carbocycles. The molecule has 0 spiro atoms. The van der Waals surface area contributed by atoms with Gasteiger partial charge in [0.05, 0.1) is 11.1 Å². The molecule has 3 heterocycles. The van der Waals surface area contributed by atoms with Gasteiger partial charge in [-0.1, -0.05) is 12.1 Å². The number of ether oxygens (including phenoxy) is 1. The molecule has 2 aromatic heterocycles. The number of benzene rings is 1. The fourth-order valence-electron chi connectivity index (χ4n) is 3.29. The Morgan fingerprint density at radius 2 is 1.73 bits per heavy atom. The molecule has 3 aromatic rings. The normalized spacial score (nSPS) is 15.7. The van der Waals surface area contributed by atoms with Crippen LogP contribution in [0.4, 0.5) is 11.8 Å². The van der Waals surface area contributed by atoms with Crippen molar-refractivity contribution in [3.05, 3.63) is 49.1 Å². The minimum Gasteiger partial charge on any atom is -0.473 e. The topological polar surface area (TPSA) is 150 Å². The summed E-state index contributed by atoms with van der Waals surface area (Å²) in [6, 6.07) is 6.48. The van der Waals surface area contributed by atoms with Gasteiger partial charge in [0.25, 0.3) is 0 Å². The molecule has 0 saturated carbocycles. The van der Waals surface area contributed by atoms with Crippen LogP contribution in [0.1, 0.15) is 12.8 Å². The molecule has 0 unspecified atom stereocenters. The van der Waals surface area contributed by atoms with E-state index in [1.165, 1.54) is 10.5 Å². The van der Waals surface area contributed by atoms with Crippen LogP contribution in [0.15, 0.2) is 53.9 Å². The third-order valence-electron chi connectivity index (χ3n) is 4.87. The van der Waals surface area contributed by atoms with E-state index < -0.39 is 10.0 Å². The minimum atomic E-state index is -3.61. The Hall–Kier alpha value is -3.31. The van der Waals surface area contributed by atoms with E-state index in [0.29, 0.717) is 42.9 Å². The number of sulfonamides is 1. The number of rotatable bonds is 5. The maximum atomic E-state index is 13.0. The first-order chi connectivity index (χ1) is 14.4. The Morgan fingerprint density at radius 1 is 1.00 bits per heavy atom. The Bertz CT molecular complexity index is 1120. The average molecular weight is 427 g/mol. The average Bonchev–Trinajstić information content (AvgIpc) is 2.75. The highest BCUT2D eigenvalue weighted by molar-refractivity contribution is 7.89. The van der Waals surface area contributed by atoms with Crippen molar-refractivity contribution in [1.82, 2.24) is 24.2 Å². The van der Waals surface area contributed by atoms with Crippen molar-refractivity contribution in [2.75, 3.05) is 24.6 Å². The van der Waals surface area contributed by atoms with Crippen LogP contribution in [0.2, 0.25) is 0 Å². The van der Waals surface area contributed by atoms with Crippen LogP contribution in [-0.4, -0.2) is 51.9 Å². The van der Waals surface area contributed by atoms with Gasteiger partial charge in [-0.3, -0.25) is 4.98 Å². The minimum absolute atomic E-state index is 0.0853. The predicted molar refractivity (Wildman–Crippen MR) is 111 cm³/mol. The number of hydrogen-bond acceptors (Lipinski definition) is 9. The molecule has 11 heteroatoms. The van der Waals surface area contributed by atoms with Crippen LogP contribution in [-0.2, 0) is 10.0 Å². The molecule has 0 aliphatic carbocycles. The van der Waals surface area contributed by atoms with Gasteiger partial charge in [0, 0.05) is 37.2 Å². The Labute approximate surface area is 174 Å². The van der Waals surface area contributed by atoms with Crippen molar-refractivity contribution >= 4 is 21.8 Å². The summed E-state index contributed by atoms with van der Waals surface area (Å²) in [6.45, 7) is 0.738. The van der Waals surface area contributed by atoms with E-state index in [-0.39, 0.29) is 22.8 Å². The summed E-state index contributed by atoms with van der Waals surface area (Å²) >= 11 is 0. The van der Waals surface area contributed by atoms with Crippen molar-refractivity contribution in [3.63, 3.8) is 0 Å². The zero-order chi connectivity index (χ0) is 21.1. The third kappa shape index (κ3) is 4.16. The third-order valence-corrected chi connectivity index (χ3v) is 6.78. The van der Waals surface area contributed by atoms with E-state index in [2.05, 4.69) is 19.9 Å². The summed E-state index contributed by atoms with van der Waals surface area (Å²) < 4.78 is 33.3. The maximum Gasteiger partial charge on any atom is 0.243 e. The van der Waals surface area contributed by atoms with Crippen LogP contribution < -0.4 is 16.2 Å². The molecule has 0 radical (unpaired) electrons. The zero-order valence-corrected chi connectivity index (χ0v) is 16.9. The summed E-state index contributed by atoms with van der Waals surface area (Å²) in [4.78, 5) is 16.1.